The number of hydrazine groups is 1. The number of nitrogens with zero attached hydrogens (tertiary/aromatic N) is 3. The minimum Gasteiger partial charge on any atom is -0.403 e. The molecule has 28 heavy (non-hydrogen) atoms. The zero-order chi connectivity index (χ0) is 21.5. The number of hydrogen-bond acceptors (Lipinski definition) is 6. The maximum Gasteiger partial charge on any atom is 0.251 e. The van der Waals surface area contributed by atoms with E-state index >= 15 is 0 Å². The van der Waals surface area contributed by atoms with E-state index in [9.17, 15) is 9.59 Å². The zero-order valence-corrected chi connectivity index (χ0v) is 17.8. The lowest BCUT2D eigenvalue weighted by Crippen LogP contribution is -2.50. The second-order valence-electron chi connectivity index (χ2n) is 5.66. The molecule has 0 bridgehead atoms. The van der Waals surface area contributed by atoms with E-state index in [1.54, 1.807) is 29.2 Å². The van der Waals surface area contributed by atoms with Crippen LogP contribution in [0.5, 0.6) is 0 Å². The molecular weight excluding hydrogens is 356 g/mol. The van der Waals surface area contributed by atoms with Crippen LogP contribution in [0.3, 0.4) is 0 Å². The molecule has 0 atom stereocenters. The molecular formula is C20H36N6O2. The second kappa shape index (κ2) is 14.5. The summed E-state index contributed by atoms with van der Waals surface area (Å²) in [6.07, 6.45) is 2.83. The number of carbonyl (C=O) groups is 2. The smallest absolute Gasteiger partial charge is 0.251 e. The molecule has 0 spiro atoms. The number of anilines is 1. The number of benzene rings is 1. The maximum atomic E-state index is 12.1. The topological polar surface area (TPSA) is 108 Å². The van der Waals surface area contributed by atoms with Gasteiger partial charge < -0.3 is 20.9 Å². The van der Waals surface area contributed by atoms with Gasteiger partial charge in [0, 0.05) is 44.1 Å². The van der Waals surface area contributed by atoms with Gasteiger partial charge in [0.05, 0.1) is 12.2 Å². The Labute approximate surface area is 169 Å². The number of amides is 2. The van der Waals surface area contributed by atoms with Crippen molar-refractivity contribution >= 4 is 17.5 Å². The number of nitrogens with two attached hydrogens (primary N) is 2. The summed E-state index contributed by atoms with van der Waals surface area (Å²) in [5.74, 6) is 5.38. The average Bonchev–Trinajstić information content (AvgIpc) is 2.75. The van der Waals surface area contributed by atoms with Crippen molar-refractivity contribution in [3.8, 4) is 0 Å². The summed E-state index contributed by atoms with van der Waals surface area (Å²) >= 11 is 0. The molecule has 1 aliphatic rings. The van der Waals surface area contributed by atoms with Crippen LogP contribution in [0.1, 0.15) is 38.1 Å². The lowest BCUT2D eigenvalue weighted by Gasteiger charge is -2.32. The number of nitrogens with one attached hydrogen (secondary N) is 1. The highest BCUT2D eigenvalue weighted by atomic mass is 16.2. The fourth-order valence-corrected chi connectivity index (χ4v) is 2.39. The van der Waals surface area contributed by atoms with Gasteiger partial charge in [0.2, 0.25) is 5.91 Å². The van der Waals surface area contributed by atoms with Crippen molar-refractivity contribution in [1.82, 2.24) is 15.1 Å². The first kappa shape index (κ1) is 25.4. The van der Waals surface area contributed by atoms with Gasteiger partial charge in [0.1, 0.15) is 0 Å². The molecule has 1 heterocycles. The molecule has 8 heteroatoms. The van der Waals surface area contributed by atoms with Gasteiger partial charge in [-0.2, -0.15) is 0 Å². The standard InChI is InChI=1S/C16H24N6O2.2C2H6/c1-20-8-10-21(11-9-20)15(23)12-19-16(24)13-2-4-14(5-3-13)22(18)7-6-17;2*1-2/h2-7H,8-12,17-18H2,1H3,(H,19,24);2*1-2H3/b7-6-;;. The van der Waals surface area contributed by atoms with Crippen molar-refractivity contribution in [3.63, 3.8) is 0 Å². The van der Waals surface area contributed by atoms with Crippen LogP contribution in [0.25, 0.3) is 0 Å². The Morgan fingerprint density at radius 3 is 2.11 bits per heavy atom. The minimum absolute atomic E-state index is 0.00320. The summed E-state index contributed by atoms with van der Waals surface area (Å²) in [7, 11) is 2.03. The van der Waals surface area contributed by atoms with E-state index < -0.39 is 0 Å². The third-order valence-electron chi connectivity index (χ3n) is 3.93. The van der Waals surface area contributed by atoms with Gasteiger partial charge in [-0.25, -0.2) is 5.84 Å². The molecule has 2 rings (SSSR count). The van der Waals surface area contributed by atoms with Gasteiger partial charge >= 0.3 is 0 Å². The predicted molar refractivity (Wildman–Crippen MR) is 116 cm³/mol. The third-order valence-corrected chi connectivity index (χ3v) is 3.93. The third kappa shape index (κ3) is 8.41. The van der Waals surface area contributed by atoms with Crippen LogP contribution in [-0.2, 0) is 4.79 Å². The summed E-state index contributed by atoms with van der Waals surface area (Å²) in [6.45, 7) is 11.1. The zero-order valence-electron chi connectivity index (χ0n) is 17.8. The highest BCUT2D eigenvalue weighted by Gasteiger charge is 2.19. The first-order chi connectivity index (χ1) is 13.5. The van der Waals surface area contributed by atoms with Crippen LogP contribution in [0.2, 0.25) is 0 Å². The van der Waals surface area contributed by atoms with E-state index in [4.69, 9.17) is 11.6 Å². The first-order valence-electron chi connectivity index (χ1n) is 9.78. The van der Waals surface area contributed by atoms with Crippen molar-refractivity contribution in [2.24, 2.45) is 11.6 Å². The van der Waals surface area contributed by atoms with Crippen molar-refractivity contribution < 1.29 is 9.59 Å². The number of rotatable bonds is 5. The summed E-state index contributed by atoms with van der Waals surface area (Å²) in [4.78, 5) is 28.2. The van der Waals surface area contributed by atoms with E-state index in [-0.39, 0.29) is 18.4 Å². The van der Waals surface area contributed by atoms with Crippen LogP contribution < -0.4 is 21.9 Å². The first-order valence-corrected chi connectivity index (χ1v) is 9.78. The number of carbonyl (C=O) groups excluding carboxylic acids is 2. The van der Waals surface area contributed by atoms with Gasteiger partial charge in [0.15, 0.2) is 0 Å². The van der Waals surface area contributed by atoms with Crippen molar-refractivity contribution in [3.05, 3.63) is 42.2 Å². The van der Waals surface area contributed by atoms with Gasteiger partial charge in [-0.05, 0) is 31.3 Å². The second-order valence-corrected chi connectivity index (χ2v) is 5.66. The van der Waals surface area contributed by atoms with Crippen LogP contribution >= 0.6 is 0 Å². The monoisotopic (exact) mass is 392 g/mol. The number of piperazine rings is 1. The van der Waals surface area contributed by atoms with Crippen LogP contribution in [0.15, 0.2) is 36.7 Å². The minimum atomic E-state index is -0.290. The Morgan fingerprint density at radius 2 is 1.61 bits per heavy atom. The van der Waals surface area contributed by atoms with Crippen molar-refractivity contribution in [2.45, 2.75) is 27.7 Å². The fourth-order valence-electron chi connectivity index (χ4n) is 2.39. The molecule has 0 aromatic heterocycles. The molecule has 1 saturated heterocycles. The van der Waals surface area contributed by atoms with E-state index in [0.717, 1.165) is 13.1 Å². The summed E-state index contributed by atoms with van der Waals surface area (Å²) in [6, 6.07) is 6.71. The maximum absolute atomic E-state index is 12.1. The Hall–Kier alpha value is -2.58. The fraction of sp³-hybridized carbons (Fsp3) is 0.500. The van der Waals surface area contributed by atoms with E-state index in [0.29, 0.717) is 24.3 Å². The molecule has 1 fully saturated rings. The lowest BCUT2D eigenvalue weighted by atomic mass is 10.2. The van der Waals surface area contributed by atoms with E-state index in [1.165, 1.54) is 17.4 Å². The molecule has 1 aromatic rings. The Kier molecular flexibility index (Phi) is 13.1. The van der Waals surface area contributed by atoms with Crippen LogP contribution in [0, 0.1) is 0 Å². The predicted octanol–water partition coefficient (Wildman–Crippen LogP) is 1.35. The van der Waals surface area contributed by atoms with Crippen LogP contribution in [0.4, 0.5) is 5.69 Å². The number of hydrogen-bond donors (Lipinski definition) is 3. The van der Waals surface area contributed by atoms with E-state index in [2.05, 4.69) is 10.2 Å². The Bertz CT molecular complexity index is 595. The Morgan fingerprint density at radius 1 is 1.07 bits per heavy atom. The van der Waals surface area contributed by atoms with Gasteiger partial charge in [-0.3, -0.25) is 14.6 Å². The Balaban J connectivity index is 0.00000171. The normalized spacial score (nSPS) is 13.7. The van der Waals surface area contributed by atoms with Crippen molar-refractivity contribution in [2.75, 3.05) is 44.8 Å². The summed E-state index contributed by atoms with van der Waals surface area (Å²) in [5.41, 5.74) is 6.44. The van der Waals surface area contributed by atoms with Gasteiger partial charge in [0.25, 0.3) is 5.91 Å². The molecule has 8 nitrogen and oxygen atoms in total. The average molecular weight is 393 g/mol. The van der Waals surface area contributed by atoms with Crippen molar-refractivity contribution in [1.29, 1.82) is 0 Å². The highest BCUT2D eigenvalue weighted by molar-refractivity contribution is 5.96. The largest absolute Gasteiger partial charge is 0.403 e. The molecule has 2 amide bonds. The SMILES string of the molecule is CC.CC.CN1CCN(C(=O)CNC(=O)c2ccc(N(N)/C=C\N)cc2)CC1. The molecule has 1 aromatic carbocycles. The van der Waals surface area contributed by atoms with E-state index in [1.807, 2.05) is 34.7 Å². The van der Waals surface area contributed by atoms with Crippen LogP contribution in [-0.4, -0.2) is 61.4 Å². The molecule has 1 aliphatic heterocycles. The highest BCUT2D eigenvalue weighted by Crippen LogP contribution is 2.12. The molecule has 0 aliphatic carbocycles. The number of likely N-dealkylation sites (N-methyl/N-ethyl adjacent to an activating group) is 1. The molecule has 5 N–H and O–H groups in total. The molecule has 0 unspecified atom stereocenters. The van der Waals surface area contributed by atoms with Gasteiger partial charge in [-0.1, -0.05) is 27.7 Å². The summed E-state index contributed by atoms with van der Waals surface area (Å²) < 4.78 is 0. The lowest BCUT2D eigenvalue weighted by molar-refractivity contribution is -0.131. The molecule has 0 saturated carbocycles. The quantitative estimate of drug-likeness (QED) is 0.516. The summed E-state index contributed by atoms with van der Waals surface area (Å²) in [5, 5.41) is 4.00. The molecule has 158 valence electrons. The molecule has 0 radical (unpaired) electrons. The van der Waals surface area contributed by atoms with Gasteiger partial charge in [-0.15, -0.1) is 0 Å².